The molecule has 2 aromatic rings. The van der Waals surface area contributed by atoms with Crippen LogP contribution in [0.1, 0.15) is 51.3 Å². The average Bonchev–Trinajstić information content (AvgIpc) is 3.08. The van der Waals surface area contributed by atoms with Crippen LogP contribution < -0.4 is 10.6 Å². The normalized spacial score (nSPS) is 20.5. The molecule has 2 atom stereocenters. The Balaban J connectivity index is 1.59. The van der Waals surface area contributed by atoms with E-state index in [0.29, 0.717) is 17.4 Å². The summed E-state index contributed by atoms with van der Waals surface area (Å²) in [5.41, 5.74) is 1.46. The van der Waals surface area contributed by atoms with Gasteiger partial charge in [-0.05, 0) is 37.1 Å². The molecular weight excluding hydrogens is 320 g/mol. The Morgan fingerprint density at radius 2 is 1.96 bits per heavy atom. The molecule has 1 aromatic heterocycles. The predicted molar refractivity (Wildman–Crippen MR) is 94.2 cm³/mol. The monoisotopic (exact) mass is 344 g/mol. The van der Waals surface area contributed by atoms with E-state index in [1.807, 2.05) is 26.0 Å². The Kier molecular flexibility index (Phi) is 5.33. The van der Waals surface area contributed by atoms with Gasteiger partial charge in [-0.2, -0.15) is 4.98 Å². The predicted octanol–water partition coefficient (Wildman–Crippen LogP) is 3.29. The number of benzene rings is 1. The Labute approximate surface area is 146 Å². The number of carbonyl (C=O) groups is 1. The summed E-state index contributed by atoms with van der Waals surface area (Å²) >= 11 is 0. The number of rotatable bonds is 4. The highest BCUT2D eigenvalue weighted by Crippen LogP contribution is 2.22. The number of nitrogens with one attached hydrogen (secondary N) is 2. The molecule has 0 bridgehead atoms. The number of aromatic nitrogens is 2. The van der Waals surface area contributed by atoms with E-state index < -0.39 is 6.10 Å². The fraction of sp³-hybridized carbons (Fsp3) is 0.500. The van der Waals surface area contributed by atoms with Gasteiger partial charge in [0.2, 0.25) is 0 Å². The lowest BCUT2D eigenvalue weighted by molar-refractivity contribution is 0.0955. The minimum atomic E-state index is -0.463. The van der Waals surface area contributed by atoms with Crippen molar-refractivity contribution in [2.45, 2.75) is 57.6 Å². The Bertz CT molecular complexity index is 711. The van der Waals surface area contributed by atoms with Crippen LogP contribution in [0.5, 0.6) is 0 Å². The van der Waals surface area contributed by atoms with Crippen molar-refractivity contribution in [2.75, 3.05) is 5.32 Å². The molecule has 0 radical (unpaired) electrons. The second-order valence-electron chi connectivity index (χ2n) is 6.75. The SMILES string of the molecule is CC(C)c1noc(-c2ccc(NC(=O)NC3CCCCC3O)cc2)n1. The molecule has 1 aliphatic rings. The molecule has 0 saturated heterocycles. The van der Waals surface area contributed by atoms with Crippen LogP contribution >= 0.6 is 0 Å². The van der Waals surface area contributed by atoms with Crippen LogP contribution in [0.25, 0.3) is 11.5 Å². The maximum absolute atomic E-state index is 12.1. The van der Waals surface area contributed by atoms with Gasteiger partial charge >= 0.3 is 6.03 Å². The molecule has 2 unspecified atom stereocenters. The standard InChI is InChI=1S/C18H24N4O3/c1-11(2)16-21-17(25-22-16)12-7-9-13(10-8-12)19-18(24)20-14-5-3-4-6-15(14)23/h7-11,14-15,23H,3-6H2,1-2H3,(H2,19,20,24). The van der Waals surface area contributed by atoms with Gasteiger partial charge in [-0.25, -0.2) is 4.79 Å². The zero-order valence-corrected chi connectivity index (χ0v) is 14.5. The molecule has 1 fully saturated rings. The van der Waals surface area contributed by atoms with Gasteiger partial charge in [-0.1, -0.05) is 31.8 Å². The number of hydrogen-bond donors (Lipinski definition) is 3. The number of aliphatic hydroxyl groups is 1. The zero-order chi connectivity index (χ0) is 17.8. The summed E-state index contributed by atoms with van der Waals surface area (Å²) in [6.45, 7) is 4.01. The molecule has 3 N–H and O–H groups in total. The summed E-state index contributed by atoms with van der Waals surface area (Å²) in [6, 6.07) is 6.72. The van der Waals surface area contributed by atoms with Crippen molar-refractivity contribution in [3.05, 3.63) is 30.1 Å². The first-order chi connectivity index (χ1) is 12.0. The molecule has 0 spiro atoms. The van der Waals surface area contributed by atoms with Gasteiger partial charge in [0.1, 0.15) is 0 Å². The average molecular weight is 344 g/mol. The first-order valence-corrected chi connectivity index (χ1v) is 8.72. The van der Waals surface area contributed by atoms with Gasteiger partial charge in [0, 0.05) is 17.2 Å². The number of carbonyl (C=O) groups excluding carboxylic acids is 1. The van der Waals surface area contributed by atoms with Crippen LogP contribution in [0.4, 0.5) is 10.5 Å². The summed E-state index contributed by atoms with van der Waals surface area (Å²) in [5.74, 6) is 1.34. The van der Waals surface area contributed by atoms with Gasteiger partial charge < -0.3 is 20.3 Å². The quantitative estimate of drug-likeness (QED) is 0.790. The lowest BCUT2D eigenvalue weighted by atomic mass is 9.93. The highest BCUT2D eigenvalue weighted by atomic mass is 16.5. The molecule has 7 nitrogen and oxygen atoms in total. The third kappa shape index (κ3) is 4.36. The van der Waals surface area contributed by atoms with E-state index in [1.165, 1.54) is 0 Å². The number of urea groups is 1. The first-order valence-electron chi connectivity index (χ1n) is 8.72. The molecule has 1 heterocycles. The van der Waals surface area contributed by atoms with E-state index in [2.05, 4.69) is 20.8 Å². The van der Waals surface area contributed by atoms with Crippen molar-refractivity contribution in [1.82, 2.24) is 15.5 Å². The van der Waals surface area contributed by atoms with Crippen molar-refractivity contribution < 1.29 is 14.4 Å². The Morgan fingerprint density at radius 3 is 2.60 bits per heavy atom. The number of aliphatic hydroxyl groups excluding tert-OH is 1. The lowest BCUT2D eigenvalue weighted by Crippen LogP contribution is -2.46. The molecule has 3 rings (SSSR count). The number of amides is 2. The third-order valence-corrected chi connectivity index (χ3v) is 4.39. The van der Waals surface area contributed by atoms with Crippen LogP contribution in [0, 0.1) is 0 Å². The largest absolute Gasteiger partial charge is 0.391 e. The molecule has 134 valence electrons. The van der Waals surface area contributed by atoms with E-state index in [9.17, 15) is 9.90 Å². The Hall–Kier alpha value is -2.41. The van der Waals surface area contributed by atoms with Crippen LogP contribution in [-0.4, -0.2) is 33.4 Å². The van der Waals surface area contributed by atoms with Crippen LogP contribution in [-0.2, 0) is 0 Å². The Morgan fingerprint density at radius 1 is 1.24 bits per heavy atom. The topological polar surface area (TPSA) is 100 Å². The van der Waals surface area contributed by atoms with Crippen molar-refractivity contribution in [3.8, 4) is 11.5 Å². The van der Waals surface area contributed by atoms with E-state index in [0.717, 1.165) is 31.2 Å². The second kappa shape index (κ2) is 7.65. The maximum atomic E-state index is 12.1. The molecule has 1 aliphatic carbocycles. The van der Waals surface area contributed by atoms with Gasteiger partial charge in [0.15, 0.2) is 5.82 Å². The molecule has 1 saturated carbocycles. The fourth-order valence-electron chi connectivity index (χ4n) is 2.90. The smallest absolute Gasteiger partial charge is 0.319 e. The summed E-state index contributed by atoms with van der Waals surface area (Å²) < 4.78 is 5.26. The second-order valence-corrected chi connectivity index (χ2v) is 6.75. The van der Waals surface area contributed by atoms with E-state index in [1.54, 1.807) is 12.1 Å². The van der Waals surface area contributed by atoms with Crippen molar-refractivity contribution in [2.24, 2.45) is 0 Å². The zero-order valence-electron chi connectivity index (χ0n) is 14.5. The third-order valence-electron chi connectivity index (χ3n) is 4.39. The molecule has 7 heteroatoms. The number of nitrogens with zero attached hydrogens (tertiary/aromatic N) is 2. The molecule has 25 heavy (non-hydrogen) atoms. The molecule has 0 aliphatic heterocycles. The van der Waals surface area contributed by atoms with E-state index in [-0.39, 0.29) is 18.0 Å². The summed E-state index contributed by atoms with van der Waals surface area (Å²) in [4.78, 5) is 16.4. The lowest BCUT2D eigenvalue weighted by Gasteiger charge is -2.28. The summed E-state index contributed by atoms with van der Waals surface area (Å²) in [5, 5.41) is 19.5. The van der Waals surface area contributed by atoms with Gasteiger partial charge in [-0.15, -0.1) is 0 Å². The van der Waals surface area contributed by atoms with Crippen LogP contribution in [0.15, 0.2) is 28.8 Å². The highest BCUT2D eigenvalue weighted by molar-refractivity contribution is 5.89. The number of hydrogen-bond acceptors (Lipinski definition) is 5. The minimum Gasteiger partial charge on any atom is -0.391 e. The molecular formula is C18H24N4O3. The van der Waals surface area contributed by atoms with Crippen molar-refractivity contribution in [1.29, 1.82) is 0 Å². The van der Waals surface area contributed by atoms with Crippen LogP contribution in [0.3, 0.4) is 0 Å². The van der Waals surface area contributed by atoms with Crippen LogP contribution in [0.2, 0.25) is 0 Å². The van der Waals surface area contributed by atoms with Gasteiger partial charge in [0.05, 0.1) is 12.1 Å². The number of anilines is 1. The first kappa shape index (κ1) is 17.4. The van der Waals surface area contributed by atoms with Gasteiger partial charge in [0.25, 0.3) is 5.89 Å². The van der Waals surface area contributed by atoms with Gasteiger partial charge in [-0.3, -0.25) is 0 Å². The summed E-state index contributed by atoms with van der Waals surface area (Å²) in [7, 11) is 0. The van der Waals surface area contributed by atoms with Crippen molar-refractivity contribution in [3.63, 3.8) is 0 Å². The molecule has 2 amide bonds. The molecule has 1 aromatic carbocycles. The maximum Gasteiger partial charge on any atom is 0.319 e. The van der Waals surface area contributed by atoms with E-state index >= 15 is 0 Å². The van der Waals surface area contributed by atoms with Crippen molar-refractivity contribution >= 4 is 11.7 Å². The van der Waals surface area contributed by atoms with E-state index in [4.69, 9.17) is 4.52 Å². The fourth-order valence-corrected chi connectivity index (χ4v) is 2.90. The minimum absolute atomic E-state index is 0.180. The summed E-state index contributed by atoms with van der Waals surface area (Å²) in [6.07, 6.45) is 3.12. The highest BCUT2D eigenvalue weighted by Gasteiger charge is 2.24.